The van der Waals surface area contributed by atoms with E-state index in [1.54, 1.807) is 4.90 Å². The van der Waals surface area contributed by atoms with Gasteiger partial charge in [-0.25, -0.2) is 4.98 Å². The number of unbranched alkanes of at least 4 members (excludes halogenated alkanes) is 1. The number of carbonyl (C=O) groups is 1. The molecule has 0 aliphatic heterocycles. The highest BCUT2D eigenvalue weighted by Gasteiger charge is 2.16. The molecule has 0 aliphatic rings. The van der Waals surface area contributed by atoms with Gasteiger partial charge in [-0.3, -0.25) is 4.79 Å². The molecule has 2 aromatic rings. The van der Waals surface area contributed by atoms with Crippen LogP contribution in [0, 0.1) is 0 Å². The van der Waals surface area contributed by atoms with Crippen LogP contribution in [0.2, 0.25) is 0 Å². The number of fused-ring (bicyclic) bond motifs is 1. The maximum Gasteiger partial charge on any atom is 0.236 e. The molecule has 0 spiro atoms. The van der Waals surface area contributed by atoms with E-state index in [4.69, 9.17) is 11.5 Å². The molecule has 2 rings (SSSR count). The first kappa shape index (κ1) is 13.1. The zero-order valence-corrected chi connectivity index (χ0v) is 10.8. The molecule has 8 nitrogen and oxygen atoms in total. The van der Waals surface area contributed by atoms with Gasteiger partial charge in [-0.15, -0.1) is 0 Å². The van der Waals surface area contributed by atoms with E-state index in [2.05, 4.69) is 26.9 Å². The number of imidazole rings is 1. The summed E-state index contributed by atoms with van der Waals surface area (Å²) in [7, 11) is 0. The Morgan fingerprint density at radius 1 is 1.47 bits per heavy atom. The lowest BCUT2D eigenvalue weighted by Gasteiger charge is -2.22. The zero-order chi connectivity index (χ0) is 13.8. The fourth-order valence-corrected chi connectivity index (χ4v) is 1.86. The van der Waals surface area contributed by atoms with Gasteiger partial charge in [0, 0.05) is 6.54 Å². The quantitative estimate of drug-likeness (QED) is 0.674. The fourth-order valence-electron chi connectivity index (χ4n) is 1.86. The Labute approximate surface area is 110 Å². The van der Waals surface area contributed by atoms with Crippen molar-refractivity contribution in [1.29, 1.82) is 0 Å². The first-order valence-corrected chi connectivity index (χ1v) is 6.11. The monoisotopic (exact) mass is 263 g/mol. The van der Waals surface area contributed by atoms with Crippen LogP contribution in [0.25, 0.3) is 11.2 Å². The standard InChI is InChI=1S/C11H17N7O/c1-2-3-4-18(5-7(12)19)10-8-9(15-6-14-8)16-11(13)17-10/h6H,2-5H2,1H3,(H2,12,19)(H3,13,14,15,16,17). The predicted octanol–water partition coefficient (Wildman–Crippen LogP) is 0.0269. The molecular weight excluding hydrogens is 246 g/mol. The summed E-state index contributed by atoms with van der Waals surface area (Å²) < 4.78 is 0. The predicted molar refractivity (Wildman–Crippen MR) is 72.4 cm³/mol. The third-order valence-corrected chi connectivity index (χ3v) is 2.71. The molecule has 5 N–H and O–H groups in total. The van der Waals surface area contributed by atoms with Crippen LogP contribution >= 0.6 is 0 Å². The summed E-state index contributed by atoms with van der Waals surface area (Å²) in [5, 5.41) is 0. The highest BCUT2D eigenvalue weighted by molar-refractivity contribution is 5.87. The topological polar surface area (TPSA) is 127 Å². The third-order valence-electron chi connectivity index (χ3n) is 2.71. The molecular formula is C11H17N7O. The van der Waals surface area contributed by atoms with Crippen LogP contribution in [-0.2, 0) is 4.79 Å². The third kappa shape index (κ3) is 2.90. The summed E-state index contributed by atoms with van der Waals surface area (Å²) in [6.07, 6.45) is 3.44. The second-order valence-electron chi connectivity index (χ2n) is 4.25. The summed E-state index contributed by atoms with van der Waals surface area (Å²) in [6.45, 7) is 2.83. The second kappa shape index (κ2) is 5.51. The van der Waals surface area contributed by atoms with E-state index >= 15 is 0 Å². The van der Waals surface area contributed by atoms with Crippen molar-refractivity contribution in [3.05, 3.63) is 6.33 Å². The van der Waals surface area contributed by atoms with E-state index in [1.165, 1.54) is 6.33 Å². The van der Waals surface area contributed by atoms with Gasteiger partial charge in [-0.2, -0.15) is 9.97 Å². The summed E-state index contributed by atoms with van der Waals surface area (Å²) in [4.78, 5) is 28.2. The Hall–Kier alpha value is -2.38. The number of rotatable bonds is 6. The van der Waals surface area contributed by atoms with Gasteiger partial charge < -0.3 is 21.4 Å². The number of hydrogen-bond donors (Lipinski definition) is 3. The maximum atomic E-state index is 11.2. The van der Waals surface area contributed by atoms with Crippen molar-refractivity contribution in [2.24, 2.45) is 5.73 Å². The average Bonchev–Trinajstić information content (AvgIpc) is 2.80. The van der Waals surface area contributed by atoms with Crippen LogP contribution in [0.15, 0.2) is 6.33 Å². The minimum Gasteiger partial charge on any atom is -0.368 e. The molecule has 2 heterocycles. The highest BCUT2D eigenvalue weighted by atomic mass is 16.1. The van der Waals surface area contributed by atoms with Crippen LogP contribution in [0.4, 0.5) is 11.8 Å². The number of H-pyrrole nitrogens is 1. The van der Waals surface area contributed by atoms with Gasteiger partial charge in [0.25, 0.3) is 0 Å². The molecule has 0 saturated carbocycles. The summed E-state index contributed by atoms with van der Waals surface area (Å²) >= 11 is 0. The Morgan fingerprint density at radius 3 is 2.95 bits per heavy atom. The Kier molecular flexibility index (Phi) is 3.79. The molecule has 8 heteroatoms. The molecule has 0 bridgehead atoms. The van der Waals surface area contributed by atoms with E-state index in [0.717, 1.165) is 12.8 Å². The Bertz CT molecular complexity index is 579. The number of carbonyl (C=O) groups excluding carboxylic acids is 1. The molecule has 0 fully saturated rings. The Morgan fingerprint density at radius 2 is 2.26 bits per heavy atom. The highest BCUT2D eigenvalue weighted by Crippen LogP contribution is 2.21. The lowest BCUT2D eigenvalue weighted by molar-refractivity contribution is -0.116. The van der Waals surface area contributed by atoms with Gasteiger partial charge in [0.15, 0.2) is 11.5 Å². The normalized spacial score (nSPS) is 10.8. The van der Waals surface area contributed by atoms with Crippen molar-refractivity contribution in [3.63, 3.8) is 0 Å². The van der Waals surface area contributed by atoms with Gasteiger partial charge in [-0.1, -0.05) is 13.3 Å². The number of aromatic nitrogens is 4. The number of nitrogen functional groups attached to an aromatic ring is 1. The first-order chi connectivity index (χ1) is 9.11. The number of nitrogens with one attached hydrogen (secondary N) is 1. The lowest BCUT2D eigenvalue weighted by Crippen LogP contribution is -2.35. The van der Waals surface area contributed by atoms with E-state index in [9.17, 15) is 4.79 Å². The van der Waals surface area contributed by atoms with Crippen molar-refractivity contribution < 1.29 is 4.79 Å². The van der Waals surface area contributed by atoms with E-state index in [0.29, 0.717) is 23.5 Å². The number of amides is 1. The molecule has 0 saturated heterocycles. The molecule has 0 radical (unpaired) electrons. The fraction of sp³-hybridized carbons (Fsp3) is 0.455. The van der Waals surface area contributed by atoms with Gasteiger partial charge >= 0.3 is 0 Å². The van der Waals surface area contributed by atoms with Crippen LogP contribution in [0.5, 0.6) is 0 Å². The number of aromatic amines is 1. The van der Waals surface area contributed by atoms with Crippen molar-refractivity contribution in [1.82, 2.24) is 19.9 Å². The largest absolute Gasteiger partial charge is 0.368 e. The van der Waals surface area contributed by atoms with E-state index in [1.807, 2.05) is 0 Å². The summed E-state index contributed by atoms with van der Waals surface area (Å²) in [5.74, 6) is 0.272. The second-order valence-corrected chi connectivity index (χ2v) is 4.25. The molecule has 0 aromatic carbocycles. The van der Waals surface area contributed by atoms with Crippen molar-refractivity contribution in [2.45, 2.75) is 19.8 Å². The van der Waals surface area contributed by atoms with Gasteiger partial charge in [0.2, 0.25) is 11.9 Å². The SMILES string of the molecule is CCCCN(CC(N)=O)c1nc(N)nc2nc[nH]c12. The number of anilines is 2. The zero-order valence-electron chi connectivity index (χ0n) is 10.8. The smallest absolute Gasteiger partial charge is 0.236 e. The van der Waals surface area contributed by atoms with Crippen LogP contribution in [0.1, 0.15) is 19.8 Å². The summed E-state index contributed by atoms with van der Waals surface area (Å²) in [6, 6.07) is 0. The van der Waals surface area contributed by atoms with Crippen LogP contribution in [-0.4, -0.2) is 38.9 Å². The minimum absolute atomic E-state index is 0.0879. The number of hydrogen-bond acceptors (Lipinski definition) is 6. The molecule has 102 valence electrons. The maximum absolute atomic E-state index is 11.2. The van der Waals surface area contributed by atoms with Crippen molar-refractivity contribution in [2.75, 3.05) is 23.7 Å². The number of primary amides is 1. The molecule has 2 aromatic heterocycles. The van der Waals surface area contributed by atoms with Crippen LogP contribution < -0.4 is 16.4 Å². The number of nitrogens with two attached hydrogens (primary N) is 2. The van der Waals surface area contributed by atoms with Gasteiger partial charge in [0.1, 0.15) is 5.52 Å². The van der Waals surface area contributed by atoms with Crippen molar-refractivity contribution in [3.8, 4) is 0 Å². The average molecular weight is 263 g/mol. The molecule has 0 aliphatic carbocycles. The lowest BCUT2D eigenvalue weighted by atomic mass is 10.3. The Balaban J connectivity index is 2.41. The number of nitrogens with zero attached hydrogens (tertiary/aromatic N) is 4. The first-order valence-electron chi connectivity index (χ1n) is 6.11. The van der Waals surface area contributed by atoms with Crippen LogP contribution in [0.3, 0.4) is 0 Å². The van der Waals surface area contributed by atoms with E-state index in [-0.39, 0.29) is 12.5 Å². The molecule has 0 unspecified atom stereocenters. The molecule has 19 heavy (non-hydrogen) atoms. The van der Waals surface area contributed by atoms with E-state index < -0.39 is 5.91 Å². The molecule has 1 amide bonds. The van der Waals surface area contributed by atoms with Gasteiger partial charge in [-0.05, 0) is 6.42 Å². The van der Waals surface area contributed by atoms with Crippen molar-refractivity contribution >= 4 is 28.8 Å². The summed E-state index contributed by atoms with van der Waals surface area (Å²) in [5.41, 5.74) is 12.1. The molecule has 0 atom stereocenters. The minimum atomic E-state index is -0.416. The van der Waals surface area contributed by atoms with Gasteiger partial charge in [0.05, 0.1) is 12.9 Å².